The number of carbonyl (C=O) groups is 1. The third-order valence-corrected chi connectivity index (χ3v) is 3.07. The van der Waals surface area contributed by atoms with E-state index in [0.717, 1.165) is 16.9 Å². The molecule has 0 unspecified atom stereocenters. The molecule has 0 saturated heterocycles. The van der Waals surface area contributed by atoms with Crippen molar-refractivity contribution >= 4 is 5.78 Å². The van der Waals surface area contributed by atoms with Crippen molar-refractivity contribution in [2.75, 3.05) is 0 Å². The van der Waals surface area contributed by atoms with Gasteiger partial charge in [0.05, 0.1) is 11.9 Å². The van der Waals surface area contributed by atoms with Gasteiger partial charge < -0.3 is 0 Å². The summed E-state index contributed by atoms with van der Waals surface area (Å²) in [4.78, 5) is 20.1. The second-order valence-electron chi connectivity index (χ2n) is 4.43. The Morgan fingerprint density at radius 3 is 2.40 bits per heavy atom. The van der Waals surface area contributed by atoms with Crippen LogP contribution in [0.15, 0.2) is 61.1 Å². The van der Waals surface area contributed by atoms with Gasteiger partial charge in [0.2, 0.25) is 0 Å². The Morgan fingerprint density at radius 2 is 1.75 bits per heavy atom. The van der Waals surface area contributed by atoms with Crippen molar-refractivity contribution in [3.8, 4) is 16.9 Å². The monoisotopic (exact) mass is 263 g/mol. The number of ketones is 1. The van der Waals surface area contributed by atoms with Crippen LogP contribution >= 0.6 is 0 Å². The van der Waals surface area contributed by atoms with E-state index in [9.17, 15) is 4.79 Å². The molecular weight excluding hydrogens is 250 g/mol. The zero-order valence-electron chi connectivity index (χ0n) is 11.0. The Morgan fingerprint density at radius 1 is 1.05 bits per heavy atom. The molecule has 1 aromatic carbocycles. The van der Waals surface area contributed by atoms with Crippen molar-refractivity contribution in [3.05, 3.63) is 66.9 Å². The van der Waals surface area contributed by atoms with E-state index < -0.39 is 0 Å². The van der Waals surface area contributed by atoms with Crippen LogP contribution in [-0.2, 0) is 0 Å². The van der Waals surface area contributed by atoms with Crippen LogP contribution in [0.1, 0.15) is 17.5 Å². The Kier molecular flexibility index (Phi) is 3.13. The lowest BCUT2D eigenvalue weighted by Gasteiger charge is -2.10. The molecule has 2 aromatic heterocycles. The summed E-state index contributed by atoms with van der Waals surface area (Å²) in [6, 6.07) is 13.5. The number of hydrogen-bond donors (Lipinski definition) is 0. The predicted octanol–water partition coefficient (Wildman–Crippen LogP) is 3.14. The van der Waals surface area contributed by atoms with Crippen molar-refractivity contribution in [2.45, 2.75) is 6.92 Å². The number of Topliss-reactive ketones (excluding diaryl/α,β-unsaturated/α-hetero) is 1. The number of pyridine rings is 1. The van der Waals surface area contributed by atoms with Crippen LogP contribution < -0.4 is 0 Å². The Balaban J connectivity index is 2.25. The molecule has 0 aliphatic carbocycles. The summed E-state index contributed by atoms with van der Waals surface area (Å²) in [6.07, 6.45) is 5.18. The maximum absolute atomic E-state index is 11.8. The van der Waals surface area contributed by atoms with Gasteiger partial charge in [-0.3, -0.25) is 14.3 Å². The van der Waals surface area contributed by atoms with E-state index in [1.807, 2.05) is 47.0 Å². The molecular formula is C16H13N3O. The second-order valence-corrected chi connectivity index (χ2v) is 4.43. The van der Waals surface area contributed by atoms with Gasteiger partial charge in [0.25, 0.3) is 0 Å². The molecule has 0 saturated carbocycles. The summed E-state index contributed by atoms with van der Waals surface area (Å²) < 4.78 is 1.87. The number of hydrogen-bond acceptors (Lipinski definition) is 3. The van der Waals surface area contributed by atoms with Gasteiger partial charge in [-0.2, -0.15) is 0 Å². The first-order valence-electron chi connectivity index (χ1n) is 6.32. The van der Waals surface area contributed by atoms with E-state index in [2.05, 4.69) is 9.97 Å². The SMILES string of the molecule is CC(=O)c1ncc(-c2ccncc2)n1-c1ccccc1. The summed E-state index contributed by atoms with van der Waals surface area (Å²) in [6.45, 7) is 1.53. The Labute approximate surface area is 116 Å². The summed E-state index contributed by atoms with van der Waals surface area (Å²) >= 11 is 0. The molecule has 4 nitrogen and oxygen atoms in total. The predicted molar refractivity (Wildman–Crippen MR) is 76.8 cm³/mol. The molecule has 0 spiro atoms. The second kappa shape index (κ2) is 5.09. The fourth-order valence-electron chi connectivity index (χ4n) is 2.16. The van der Waals surface area contributed by atoms with Gasteiger partial charge in [-0.05, 0) is 24.3 Å². The van der Waals surface area contributed by atoms with Crippen LogP contribution in [0.5, 0.6) is 0 Å². The minimum absolute atomic E-state index is 0.0610. The first-order valence-corrected chi connectivity index (χ1v) is 6.32. The van der Waals surface area contributed by atoms with Crippen LogP contribution in [0.2, 0.25) is 0 Å². The van der Waals surface area contributed by atoms with Gasteiger partial charge >= 0.3 is 0 Å². The number of rotatable bonds is 3. The van der Waals surface area contributed by atoms with Crippen LogP contribution in [0.3, 0.4) is 0 Å². The summed E-state index contributed by atoms with van der Waals surface area (Å²) in [5.41, 5.74) is 2.77. The van der Waals surface area contributed by atoms with Gasteiger partial charge in [0.1, 0.15) is 0 Å². The van der Waals surface area contributed by atoms with Gasteiger partial charge in [-0.15, -0.1) is 0 Å². The highest BCUT2D eigenvalue weighted by atomic mass is 16.1. The lowest BCUT2D eigenvalue weighted by atomic mass is 10.2. The molecule has 0 N–H and O–H groups in total. The minimum Gasteiger partial charge on any atom is -0.291 e. The van der Waals surface area contributed by atoms with E-state index in [0.29, 0.717) is 5.82 Å². The lowest BCUT2D eigenvalue weighted by molar-refractivity contribution is 0.100. The average Bonchev–Trinajstić information content (AvgIpc) is 2.94. The highest BCUT2D eigenvalue weighted by Gasteiger charge is 2.16. The zero-order chi connectivity index (χ0) is 13.9. The zero-order valence-corrected chi connectivity index (χ0v) is 11.0. The Hall–Kier alpha value is -2.75. The topological polar surface area (TPSA) is 47.8 Å². The van der Waals surface area contributed by atoms with E-state index in [1.54, 1.807) is 18.6 Å². The number of nitrogens with zero attached hydrogens (tertiary/aromatic N) is 3. The van der Waals surface area contributed by atoms with Crippen LogP contribution in [0.25, 0.3) is 16.9 Å². The van der Waals surface area contributed by atoms with Crippen LogP contribution in [0, 0.1) is 0 Å². The number of carbonyl (C=O) groups excluding carboxylic acids is 1. The largest absolute Gasteiger partial charge is 0.291 e. The van der Waals surface area contributed by atoms with Gasteiger partial charge in [0, 0.05) is 30.6 Å². The van der Waals surface area contributed by atoms with Crippen molar-refractivity contribution < 1.29 is 4.79 Å². The van der Waals surface area contributed by atoms with E-state index in [4.69, 9.17) is 0 Å². The van der Waals surface area contributed by atoms with Crippen molar-refractivity contribution in [2.24, 2.45) is 0 Å². The van der Waals surface area contributed by atoms with Crippen molar-refractivity contribution in [1.82, 2.24) is 14.5 Å². The number of aromatic nitrogens is 3. The van der Waals surface area contributed by atoms with E-state index in [1.165, 1.54) is 6.92 Å². The van der Waals surface area contributed by atoms with Gasteiger partial charge in [0.15, 0.2) is 11.6 Å². The van der Waals surface area contributed by atoms with E-state index >= 15 is 0 Å². The van der Waals surface area contributed by atoms with Crippen molar-refractivity contribution in [3.63, 3.8) is 0 Å². The molecule has 0 aliphatic rings. The fourth-order valence-corrected chi connectivity index (χ4v) is 2.16. The molecule has 98 valence electrons. The molecule has 0 radical (unpaired) electrons. The van der Waals surface area contributed by atoms with Crippen LogP contribution in [-0.4, -0.2) is 20.3 Å². The van der Waals surface area contributed by atoms with E-state index in [-0.39, 0.29) is 5.78 Å². The van der Waals surface area contributed by atoms with Crippen LogP contribution in [0.4, 0.5) is 0 Å². The first kappa shape index (κ1) is 12.3. The molecule has 3 rings (SSSR count). The standard InChI is InChI=1S/C16H13N3O/c1-12(20)16-18-11-15(13-7-9-17-10-8-13)19(16)14-5-3-2-4-6-14/h2-11H,1H3. The Bertz CT molecular complexity index is 733. The fraction of sp³-hybridized carbons (Fsp3) is 0.0625. The molecule has 20 heavy (non-hydrogen) atoms. The highest BCUT2D eigenvalue weighted by molar-refractivity contribution is 5.92. The normalized spacial score (nSPS) is 10.4. The number of para-hydroxylation sites is 1. The third-order valence-electron chi connectivity index (χ3n) is 3.07. The maximum Gasteiger partial charge on any atom is 0.195 e. The van der Waals surface area contributed by atoms with Gasteiger partial charge in [-0.1, -0.05) is 18.2 Å². The highest BCUT2D eigenvalue weighted by Crippen LogP contribution is 2.24. The number of benzene rings is 1. The quantitative estimate of drug-likeness (QED) is 0.682. The summed E-state index contributed by atoms with van der Waals surface area (Å²) in [5.74, 6) is 0.372. The molecule has 2 heterocycles. The molecule has 0 atom stereocenters. The summed E-state index contributed by atoms with van der Waals surface area (Å²) in [5, 5.41) is 0. The molecule has 0 amide bonds. The molecule has 0 aliphatic heterocycles. The van der Waals surface area contributed by atoms with Gasteiger partial charge in [-0.25, -0.2) is 4.98 Å². The molecule has 3 aromatic rings. The molecule has 4 heteroatoms. The maximum atomic E-state index is 11.8. The molecule has 0 bridgehead atoms. The third kappa shape index (κ3) is 2.12. The summed E-state index contributed by atoms with van der Waals surface area (Å²) in [7, 11) is 0. The average molecular weight is 263 g/mol. The number of imidazole rings is 1. The molecule has 0 fully saturated rings. The minimum atomic E-state index is -0.0610. The smallest absolute Gasteiger partial charge is 0.195 e. The van der Waals surface area contributed by atoms with Crippen molar-refractivity contribution in [1.29, 1.82) is 0 Å². The first-order chi connectivity index (χ1) is 9.77. The lowest BCUT2D eigenvalue weighted by Crippen LogP contribution is -2.07.